The van der Waals surface area contributed by atoms with Crippen molar-refractivity contribution in [3.63, 3.8) is 0 Å². The number of nitrogens with zero attached hydrogens (tertiary/aromatic N) is 4. The van der Waals surface area contributed by atoms with Gasteiger partial charge in [-0.25, -0.2) is 9.97 Å². The molecular weight excluding hydrogens is 295 g/mol. The first-order valence-corrected chi connectivity index (χ1v) is 4.86. The third-order valence-corrected chi connectivity index (χ3v) is 2.02. The van der Waals surface area contributed by atoms with Gasteiger partial charge in [0.2, 0.25) is 5.88 Å². The number of hydrogen-bond acceptors (Lipinski definition) is 4. The first-order valence-electron chi connectivity index (χ1n) is 4.86. The summed E-state index contributed by atoms with van der Waals surface area (Å²) < 4.78 is 1.30. The van der Waals surface area contributed by atoms with Gasteiger partial charge in [0.1, 0.15) is 0 Å². The van der Waals surface area contributed by atoms with Crippen molar-refractivity contribution in [2.24, 2.45) is 0 Å². The van der Waals surface area contributed by atoms with Gasteiger partial charge >= 0.3 is 0 Å². The molecule has 5 nitrogen and oxygen atoms in total. The fourth-order valence-electron chi connectivity index (χ4n) is 1.33. The Morgan fingerprint density at radius 1 is 1.31 bits per heavy atom. The zero-order chi connectivity index (χ0) is 10.7. The van der Waals surface area contributed by atoms with Crippen molar-refractivity contribution >= 4 is 0 Å². The summed E-state index contributed by atoms with van der Waals surface area (Å²) >= 11 is 0. The Bertz CT molecular complexity index is 458. The van der Waals surface area contributed by atoms with Crippen LogP contribution in [0.1, 0.15) is 19.0 Å². The summed E-state index contributed by atoms with van der Waals surface area (Å²) in [6.45, 7) is 2.09. The molecule has 0 aliphatic rings. The van der Waals surface area contributed by atoms with Gasteiger partial charge in [-0.15, -0.1) is 0 Å². The van der Waals surface area contributed by atoms with E-state index in [0.717, 1.165) is 18.5 Å². The van der Waals surface area contributed by atoms with Crippen molar-refractivity contribution in [1.82, 2.24) is 19.7 Å². The molecule has 0 saturated heterocycles. The largest absolute Gasteiger partial charge is 0.493 e. The standard InChI is InChI=1S/C10H12N4O.Rh/c1-2-3-8-4-6-11-10(13-8)14-9(15)5-7-12-14;/h4-7,15H,2-3H2,1H3;. The van der Waals surface area contributed by atoms with Crippen molar-refractivity contribution in [2.45, 2.75) is 19.8 Å². The second-order valence-electron chi connectivity index (χ2n) is 3.20. The van der Waals surface area contributed by atoms with E-state index in [1.807, 2.05) is 6.07 Å². The van der Waals surface area contributed by atoms with E-state index < -0.39 is 0 Å². The topological polar surface area (TPSA) is 63.8 Å². The summed E-state index contributed by atoms with van der Waals surface area (Å²) in [7, 11) is 0. The molecule has 2 aromatic rings. The minimum absolute atomic E-state index is 0. The minimum Gasteiger partial charge on any atom is -0.493 e. The number of aromatic nitrogens is 4. The third-order valence-electron chi connectivity index (χ3n) is 2.02. The Labute approximate surface area is 106 Å². The molecule has 0 atom stereocenters. The van der Waals surface area contributed by atoms with E-state index in [1.165, 1.54) is 16.9 Å². The number of rotatable bonds is 3. The van der Waals surface area contributed by atoms with Crippen molar-refractivity contribution in [1.29, 1.82) is 0 Å². The molecular formula is C10H12N4ORh. The van der Waals surface area contributed by atoms with Crippen LogP contribution in [-0.4, -0.2) is 24.9 Å². The molecule has 0 bridgehead atoms. The summed E-state index contributed by atoms with van der Waals surface area (Å²) in [5, 5.41) is 13.4. The van der Waals surface area contributed by atoms with Gasteiger partial charge in [-0.05, 0) is 12.5 Å². The van der Waals surface area contributed by atoms with Crippen LogP contribution in [-0.2, 0) is 25.9 Å². The number of aromatic hydroxyl groups is 1. The Balaban J connectivity index is 0.00000128. The van der Waals surface area contributed by atoms with Crippen LogP contribution in [0.25, 0.3) is 5.95 Å². The van der Waals surface area contributed by atoms with Crippen molar-refractivity contribution in [3.8, 4) is 11.8 Å². The van der Waals surface area contributed by atoms with Gasteiger partial charge in [0.15, 0.2) is 0 Å². The molecule has 0 amide bonds. The second-order valence-corrected chi connectivity index (χ2v) is 3.20. The Kier molecular flexibility index (Phi) is 4.56. The first kappa shape index (κ1) is 12.8. The molecule has 16 heavy (non-hydrogen) atoms. The van der Waals surface area contributed by atoms with Crippen molar-refractivity contribution < 1.29 is 24.6 Å². The van der Waals surface area contributed by atoms with Crippen LogP contribution in [0.3, 0.4) is 0 Å². The van der Waals surface area contributed by atoms with Gasteiger partial charge in [0.05, 0.1) is 6.20 Å². The van der Waals surface area contributed by atoms with Gasteiger partial charge in [0.25, 0.3) is 5.95 Å². The molecule has 0 aromatic carbocycles. The van der Waals surface area contributed by atoms with Crippen LogP contribution in [0.5, 0.6) is 5.88 Å². The third kappa shape index (κ3) is 2.64. The van der Waals surface area contributed by atoms with E-state index >= 15 is 0 Å². The average Bonchev–Trinajstić information content (AvgIpc) is 2.65. The van der Waals surface area contributed by atoms with E-state index in [4.69, 9.17) is 0 Å². The molecule has 1 N–H and O–H groups in total. The van der Waals surface area contributed by atoms with E-state index in [2.05, 4.69) is 22.0 Å². The fourth-order valence-corrected chi connectivity index (χ4v) is 1.33. The van der Waals surface area contributed by atoms with E-state index in [-0.39, 0.29) is 25.4 Å². The van der Waals surface area contributed by atoms with E-state index in [0.29, 0.717) is 5.95 Å². The molecule has 2 rings (SSSR count). The molecule has 2 heterocycles. The van der Waals surface area contributed by atoms with Crippen LogP contribution >= 0.6 is 0 Å². The number of aryl methyl sites for hydroxylation is 1. The second kappa shape index (κ2) is 5.70. The normalized spacial score (nSPS) is 9.81. The van der Waals surface area contributed by atoms with Gasteiger partial charge in [-0.2, -0.15) is 9.78 Å². The van der Waals surface area contributed by atoms with Gasteiger partial charge in [0, 0.05) is 37.4 Å². The Morgan fingerprint density at radius 3 is 2.75 bits per heavy atom. The van der Waals surface area contributed by atoms with Gasteiger partial charge < -0.3 is 5.11 Å². The molecule has 0 aliphatic carbocycles. The van der Waals surface area contributed by atoms with Gasteiger partial charge in [-0.1, -0.05) is 13.3 Å². The summed E-state index contributed by atoms with van der Waals surface area (Å²) in [6, 6.07) is 3.36. The molecule has 6 heteroatoms. The molecule has 2 aromatic heterocycles. The SMILES string of the molecule is CCCc1ccnc(-n2nccc2O)n1.[Rh]. The van der Waals surface area contributed by atoms with E-state index in [1.54, 1.807) is 6.20 Å². The predicted octanol–water partition coefficient (Wildman–Crippen LogP) is 1.32. The molecule has 0 saturated carbocycles. The summed E-state index contributed by atoms with van der Waals surface area (Å²) in [4.78, 5) is 8.35. The molecule has 0 fully saturated rings. The monoisotopic (exact) mass is 307 g/mol. The maximum absolute atomic E-state index is 9.45. The van der Waals surface area contributed by atoms with Crippen LogP contribution in [0.2, 0.25) is 0 Å². The quantitative estimate of drug-likeness (QED) is 0.869. The predicted molar refractivity (Wildman–Crippen MR) is 54.8 cm³/mol. The Morgan fingerprint density at radius 2 is 2.12 bits per heavy atom. The Hall–Kier alpha value is -1.29. The molecule has 0 aliphatic heterocycles. The van der Waals surface area contributed by atoms with Crippen LogP contribution in [0, 0.1) is 0 Å². The fraction of sp³-hybridized carbons (Fsp3) is 0.300. The number of hydrogen-bond donors (Lipinski definition) is 1. The molecule has 0 unspecified atom stereocenters. The van der Waals surface area contributed by atoms with Crippen molar-refractivity contribution in [3.05, 3.63) is 30.2 Å². The maximum Gasteiger partial charge on any atom is 0.253 e. The minimum atomic E-state index is 0. The van der Waals surface area contributed by atoms with Crippen LogP contribution in [0.4, 0.5) is 0 Å². The maximum atomic E-state index is 9.45. The van der Waals surface area contributed by atoms with E-state index in [9.17, 15) is 5.11 Å². The smallest absolute Gasteiger partial charge is 0.253 e. The summed E-state index contributed by atoms with van der Waals surface area (Å²) in [6.07, 6.45) is 5.11. The average molecular weight is 307 g/mol. The molecule has 87 valence electrons. The van der Waals surface area contributed by atoms with Crippen molar-refractivity contribution in [2.75, 3.05) is 0 Å². The first-order chi connectivity index (χ1) is 7.31. The molecule has 0 spiro atoms. The zero-order valence-electron chi connectivity index (χ0n) is 8.79. The van der Waals surface area contributed by atoms with Gasteiger partial charge in [-0.3, -0.25) is 0 Å². The summed E-state index contributed by atoms with van der Waals surface area (Å²) in [5.41, 5.74) is 0.956. The molecule has 1 radical (unpaired) electrons. The van der Waals surface area contributed by atoms with Crippen LogP contribution in [0.15, 0.2) is 24.5 Å². The van der Waals surface area contributed by atoms with Crippen LogP contribution < -0.4 is 0 Å². The zero-order valence-corrected chi connectivity index (χ0v) is 10.4. The summed E-state index contributed by atoms with van der Waals surface area (Å²) in [5.74, 6) is 0.451.